The molecule has 3 nitrogen and oxygen atoms in total. The smallest absolute Gasteiger partial charge is 0.126 e. The molecule has 0 rings (SSSR count). The molecular formula is C9H23NO2. The maximum Gasteiger partial charge on any atom is 0.126 e. The van der Waals surface area contributed by atoms with Crippen molar-refractivity contribution in [2.24, 2.45) is 0 Å². The van der Waals surface area contributed by atoms with Gasteiger partial charge in [0.1, 0.15) is 5.78 Å². The van der Waals surface area contributed by atoms with Crippen LogP contribution in [0.25, 0.3) is 0 Å². The van der Waals surface area contributed by atoms with E-state index in [-0.39, 0.29) is 11.3 Å². The van der Waals surface area contributed by atoms with Gasteiger partial charge in [-0.15, -0.1) is 0 Å². The van der Waals surface area contributed by atoms with Crippen LogP contribution >= 0.6 is 0 Å². The molecule has 0 aliphatic rings. The number of carbonyl (C=O) groups is 1. The quantitative estimate of drug-likeness (QED) is 0.648. The number of hydrogen-bond donors (Lipinski definition) is 0. The molecule has 0 bridgehead atoms. The minimum Gasteiger partial charge on any atom is -0.412 e. The van der Waals surface area contributed by atoms with Crippen LogP contribution in [-0.4, -0.2) is 35.8 Å². The molecule has 12 heavy (non-hydrogen) atoms. The zero-order valence-corrected chi connectivity index (χ0v) is 8.98. The van der Waals surface area contributed by atoms with Crippen molar-refractivity contribution in [1.29, 1.82) is 0 Å². The van der Waals surface area contributed by atoms with Gasteiger partial charge in [-0.3, -0.25) is 0 Å². The minimum absolute atomic E-state index is 0. The van der Waals surface area contributed by atoms with Crippen molar-refractivity contribution in [3.05, 3.63) is 0 Å². The summed E-state index contributed by atoms with van der Waals surface area (Å²) < 4.78 is 0. The Kier molecular flexibility index (Phi) is 19.4. The molecule has 0 aromatic carbocycles. The van der Waals surface area contributed by atoms with E-state index in [9.17, 15) is 4.79 Å². The zero-order valence-electron chi connectivity index (χ0n) is 8.98. The van der Waals surface area contributed by atoms with Crippen molar-refractivity contribution in [2.75, 3.05) is 19.6 Å². The van der Waals surface area contributed by atoms with Gasteiger partial charge in [0.05, 0.1) is 0 Å². The third-order valence-electron chi connectivity index (χ3n) is 1.34. The molecule has 0 aliphatic heterocycles. The number of Topliss-reactive ketones (excluding diaryl/α,β-unsaturated/α-hetero) is 1. The molecule has 0 aliphatic carbocycles. The highest BCUT2D eigenvalue weighted by molar-refractivity contribution is 5.72. The topological polar surface area (TPSA) is 51.8 Å². The van der Waals surface area contributed by atoms with Gasteiger partial charge in [0.15, 0.2) is 0 Å². The second kappa shape index (κ2) is 13.2. The lowest BCUT2D eigenvalue weighted by Gasteiger charge is -2.13. The van der Waals surface area contributed by atoms with E-state index in [2.05, 4.69) is 25.7 Å². The standard InChI is InChI=1S/C6H15N.C3H6O.H2O/c1-4-7(5-2)6-3;1-3(2)4;/h4-6H2,1-3H3;1-2H3;1H2. The fourth-order valence-corrected chi connectivity index (χ4v) is 0.671. The van der Waals surface area contributed by atoms with E-state index in [0.717, 1.165) is 0 Å². The molecule has 0 saturated heterocycles. The summed E-state index contributed by atoms with van der Waals surface area (Å²) >= 11 is 0. The highest BCUT2D eigenvalue weighted by Crippen LogP contribution is 1.81. The maximum absolute atomic E-state index is 9.44. The summed E-state index contributed by atoms with van der Waals surface area (Å²) in [6.45, 7) is 13.2. The molecule has 0 heterocycles. The molecule has 0 unspecified atom stereocenters. The Hall–Kier alpha value is -0.410. The Morgan fingerprint density at radius 3 is 1.17 bits per heavy atom. The molecule has 0 radical (unpaired) electrons. The summed E-state index contributed by atoms with van der Waals surface area (Å²) in [5.41, 5.74) is 0. The maximum atomic E-state index is 9.44. The van der Waals surface area contributed by atoms with Gasteiger partial charge in [-0.05, 0) is 33.5 Å². The number of nitrogens with zero attached hydrogens (tertiary/aromatic N) is 1. The summed E-state index contributed by atoms with van der Waals surface area (Å²) in [6.07, 6.45) is 0. The number of hydrogen-bond acceptors (Lipinski definition) is 2. The monoisotopic (exact) mass is 177 g/mol. The van der Waals surface area contributed by atoms with E-state index >= 15 is 0 Å². The third kappa shape index (κ3) is 22.6. The molecule has 0 fully saturated rings. The molecule has 0 atom stereocenters. The largest absolute Gasteiger partial charge is 0.412 e. The summed E-state index contributed by atoms with van der Waals surface area (Å²) in [5.74, 6) is 0.167. The molecule has 0 aromatic heterocycles. The Morgan fingerprint density at radius 2 is 1.17 bits per heavy atom. The molecule has 0 amide bonds. The summed E-state index contributed by atoms with van der Waals surface area (Å²) in [4.78, 5) is 11.8. The van der Waals surface area contributed by atoms with Crippen molar-refractivity contribution >= 4 is 5.78 Å². The lowest BCUT2D eigenvalue weighted by atomic mass is 10.5. The van der Waals surface area contributed by atoms with Crippen molar-refractivity contribution in [3.63, 3.8) is 0 Å². The highest BCUT2D eigenvalue weighted by atomic mass is 16.1. The Morgan fingerprint density at radius 1 is 1.00 bits per heavy atom. The fourth-order valence-electron chi connectivity index (χ4n) is 0.671. The van der Waals surface area contributed by atoms with Gasteiger partial charge >= 0.3 is 0 Å². The van der Waals surface area contributed by atoms with E-state index in [0.29, 0.717) is 0 Å². The predicted molar refractivity (Wildman–Crippen MR) is 53.4 cm³/mol. The van der Waals surface area contributed by atoms with E-state index in [1.807, 2.05) is 0 Å². The van der Waals surface area contributed by atoms with Gasteiger partial charge in [-0.25, -0.2) is 0 Å². The first-order valence-electron chi connectivity index (χ1n) is 4.27. The van der Waals surface area contributed by atoms with Crippen molar-refractivity contribution in [3.8, 4) is 0 Å². The first kappa shape index (κ1) is 17.6. The average Bonchev–Trinajstić information content (AvgIpc) is 1.90. The SMILES string of the molecule is CC(C)=O.CCN(CC)CC.O. The van der Waals surface area contributed by atoms with Gasteiger partial charge in [-0.1, -0.05) is 20.8 Å². The van der Waals surface area contributed by atoms with Crippen molar-refractivity contribution in [2.45, 2.75) is 34.6 Å². The zero-order chi connectivity index (χ0) is 9.28. The van der Waals surface area contributed by atoms with Crippen LogP contribution in [0.4, 0.5) is 0 Å². The number of carbonyl (C=O) groups excluding carboxylic acids is 1. The van der Waals surface area contributed by atoms with Crippen molar-refractivity contribution < 1.29 is 10.3 Å². The first-order chi connectivity index (χ1) is 5.08. The lowest BCUT2D eigenvalue weighted by molar-refractivity contribution is -0.114. The van der Waals surface area contributed by atoms with Crippen LogP contribution < -0.4 is 0 Å². The first-order valence-corrected chi connectivity index (χ1v) is 4.27. The van der Waals surface area contributed by atoms with Gasteiger partial charge < -0.3 is 15.2 Å². The molecule has 2 N–H and O–H groups in total. The second-order valence-corrected chi connectivity index (χ2v) is 2.53. The highest BCUT2D eigenvalue weighted by Gasteiger charge is 1.89. The third-order valence-corrected chi connectivity index (χ3v) is 1.34. The van der Waals surface area contributed by atoms with E-state index in [1.165, 1.54) is 33.5 Å². The molecule has 3 heteroatoms. The minimum atomic E-state index is 0. The summed E-state index contributed by atoms with van der Waals surface area (Å²) in [7, 11) is 0. The van der Waals surface area contributed by atoms with Crippen molar-refractivity contribution in [1.82, 2.24) is 4.90 Å². The summed E-state index contributed by atoms with van der Waals surface area (Å²) in [6, 6.07) is 0. The van der Waals surface area contributed by atoms with Gasteiger partial charge in [0, 0.05) is 0 Å². The lowest BCUT2D eigenvalue weighted by Crippen LogP contribution is -2.21. The van der Waals surface area contributed by atoms with E-state index in [4.69, 9.17) is 0 Å². The van der Waals surface area contributed by atoms with Crippen LogP contribution in [0.15, 0.2) is 0 Å². The Labute approximate surface area is 76.1 Å². The van der Waals surface area contributed by atoms with Crippen LogP contribution in [0.3, 0.4) is 0 Å². The van der Waals surface area contributed by atoms with Gasteiger partial charge in [0.2, 0.25) is 0 Å². The predicted octanol–water partition coefficient (Wildman–Crippen LogP) is 1.12. The normalized spacial score (nSPS) is 8.17. The van der Waals surface area contributed by atoms with Crippen LogP contribution in [0.1, 0.15) is 34.6 Å². The van der Waals surface area contributed by atoms with Crippen LogP contribution in [0, 0.1) is 0 Å². The number of ketones is 1. The van der Waals surface area contributed by atoms with Crippen LogP contribution in [-0.2, 0) is 4.79 Å². The van der Waals surface area contributed by atoms with E-state index in [1.54, 1.807) is 0 Å². The molecule has 0 aromatic rings. The second-order valence-electron chi connectivity index (χ2n) is 2.53. The fraction of sp³-hybridized carbons (Fsp3) is 0.889. The van der Waals surface area contributed by atoms with Gasteiger partial charge in [-0.2, -0.15) is 0 Å². The Balaban J connectivity index is -0.000000142. The molecule has 76 valence electrons. The average molecular weight is 177 g/mol. The number of rotatable bonds is 3. The molecule has 0 saturated carbocycles. The van der Waals surface area contributed by atoms with Crippen LogP contribution in [0.2, 0.25) is 0 Å². The Bertz CT molecular complexity index is 81.0. The molecular weight excluding hydrogens is 154 g/mol. The van der Waals surface area contributed by atoms with Gasteiger partial charge in [0.25, 0.3) is 0 Å². The van der Waals surface area contributed by atoms with E-state index < -0.39 is 0 Å². The summed E-state index contributed by atoms with van der Waals surface area (Å²) in [5, 5.41) is 0. The van der Waals surface area contributed by atoms with Crippen LogP contribution in [0.5, 0.6) is 0 Å². The molecule has 0 spiro atoms.